The number of benzene rings is 1. The number of rotatable bonds is 2. The van der Waals surface area contributed by atoms with Crippen molar-refractivity contribution < 1.29 is 4.79 Å². The van der Waals surface area contributed by atoms with Gasteiger partial charge in [-0.25, -0.2) is 0 Å². The van der Waals surface area contributed by atoms with Gasteiger partial charge in [-0.2, -0.15) is 0 Å². The summed E-state index contributed by atoms with van der Waals surface area (Å²) < 4.78 is 0. The number of nitrogens with zero attached hydrogens (tertiary/aromatic N) is 2. The van der Waals surface area contributed by atoms with Crippen molar-refractivity contribution in [2.45, 2.75) is 33.2 Å². The molecule has 21 heavy (non-hydrogen) atoms. The van der Waals surface area contributed by atoms with E-state index in [9.17, 15) is 4.79 Å². The monoisotopic (exact) mass is 289 g/mol. The lowest BCUT2D eigenvalue weighted by molar-refractivity contribution is 0.0452. The molecule has 116 valence electrons. The molecule has 1 N–H and O–H groups in total. The summed E-state index contributed by atoms with van der Waals surface area (Å²) >= 11 is 0. The van der Waals surface area contributed by atoms with Crippen LogP contribution >= 0.6 is 0 Å². The van der Waals surface area contributed by atoms with Crippen LogP contribution in [0.25, 0.3) is 0 Å². The molecular weight excluding hydrogens is 262 g/mol. The van der Waals surface area contributed by atoms with Gasteiger partial charge in [0.25, 0.3) is 5.91 Å². The molecular formula is C17H27N3O. The largest absolute Gasteiger partial charge is 0.387 e. The highest BCUT2D eigenvalue weighted by atomic mass is 16.2. The van der Waals surface area contributed by atoms with Gasteiger partial charge in [0.05, 0.1) is 5.56 Å². The minimum Gasteiger partial charge on any atom is -0.387 e. The lowest BCUT2D eigenvalue weighted by Crippen LogP contribution is -2.54. The Hall–Kier alpha value is -1.55. The summed E-state index contributed by atoms with van der Waals surface area (Å²) in [5.74, 6) is 0.132. The zero-order valence-corrected chi connectivity index (χ0v) is 13.9. The predicted molar refractivity (Wildman–Crippen MR) is 88.0 cm³/mol. The molecule has 1 aromatic rings. The van der Waals surface area contributed by atoms with Gasteiger partial charge in [0.1, 0.15) is 0 Å². The minimum absolute atomic E-state index is 0.132. The van der Waals surface area contributed by atoms with Crippen LogP contribution in [-0.2, 0) is 0 Å². The number of nitrogens with one attached hydrogen (secondary N) is 1. The van der Waals surface area contributed by atoms with E-state index in [1.807, 2.05) is 37.1 Å². The van der Waals surface area contributed by atoms with Crippen LogP contribution in [0.15, 0.2) is 18.2 Å². The Kier molecular flexibility index (Phi) is 4.57. The van der Waals surface area contributed by atoms with E-state index in [0.29, 0.717) is 0 Å². The van der Waals surface area contributed by atoms with Gasteiger partial charge < -0.3 is 10.2 Å². The third-order valence-corrected chi connectivity index (χ3v) is 4.19. The molecule has 1 saturated heterocycles. The van der Waals surface area contributed by atoms with Crippen LogP contribution in [0.1, 0.15) is 36.7 Å². The average molecular weight is 289 g/mol. The second-order valence-electron chi connectivity index (χ2n) is 6.75. The molecule has 2 rings (SSSR count). The average Bonchev–Trinajstić information content (AvgIpc) is 2.45. The van der Waals surface area contributed by atoms with Crippen molar-refractivity contribution >= 4 is 11.6 Å². The van der Waals surface area contributed by atoms with Crippen molar-refractivity contribution in [2.75, 3.05) is 38.5 Å². The summed E-state index contributed by atoms with van der Waals surface area (Å²) in [6.07, 6.45) is 0. The first-order chi connectivity index (χ1) is 9.82. The lowest BCUT2D eigenvalue weighted by Gasteiger charge is -2.42. The number of aryl methyl sites for hydroxylation is 1. The number of carbonyl (C=O) groups is 1. The standard InChI is InChI=1S/C17H27N3O/c1-13-6-7-14(15(12-13)18-5)16(21)19-8-10-20(11-9-19)17(2,3)4/h6-7,12,18H,8-11H2,1-5H3. The van der Waals surface area contributed by atoms with Crippen molar-refractivity contribution in [1.29, 1.82) is 0 Å². The first kappa shape index (κ1) is 15.8. The van der Waals surface area contributed by atoms with Gasteiger partial charge >= 0.3 is 0 Å². The van der Waals surface area contributed by atoms with E-state index in [1.54, 1.807) is 0 Å². The van der Waals surface area contributed by atoms with Gasteiger partial charge in [0.2, 0.25) is 0 Å². The number of amides is 1. The Morgan fingerprint density at radius 1 is 1.14 bits per heavy atom. The Labute approximate surface area is 128 Å². The van der Waals surface area contributed by atoms with Crippen molar-refractivity contribution in [3.05, 3.63) is 29.3 Å². The molecule has 0 spiro atoms. The predicted octanol–water partition coefficient (Wildman–Crippen LogP) is 2.59. The molecule has 0 aliphatic carbocycles. The second-order valence-corrected chi connectivity index (χ2v) is 6.75. The SMILES string of the molecule is CNc1cc(C)ccc1C(=O)N1CCN(C(C)(C)C)CC1. The minimum atomic E-state index is 0.132. The number of anilines is 1. The maximum Gasteiger partial charge on any atom is 0.256 e. The smallest absolute Gasteiger partial charge is 0.256 e. The Balaban J connectivity index is 2.09. The molecule has 0 saturated carbocycles. The van der Waals surface area contributed by atoms with E-state index in [1.165, 1.54) is 0 Å². The zero-order valence-electron chi connectivity index (χ0n) is 13.9. The van der Waals surface area contributed by atoms with Crippen molar-refractivity contribution in [3.8, 4) is 0 Å². The van der Waals surface area contributed by atoms with Crippen LogP contribution in [0, 0.1) is 6.92 Å². The topological polar surface area (TPSA) is 35.6 Å². The summed E-state index contributed by atoms with van der Waals surface area (Å²) in [4.78, 5) is 17.1. The van der Waals surface area contributed by atoms with E-state index >= 15 is 0 Å². The first-order valence-electron chi connectivity index (χ1n) is 7.65. The van der Waals surface area contributed by atoms with E-state index in [0.717, 1.165) is 43.0 Å². The van der Waals surface area contributed by atoms with Crippen LogP contribution in [0.2, 0.25) is 0 Å². The molecule has 1 amide bonds. The highest BCUT2D eigenvalue weighted by Crippen LogP contribution is 2.21. The van der Waals surface area contributed by atoms with E-state index in [-0.39, 0.29) is 11.4 Å². The zero-order chi connectivity index (χ0) is 15.6. The Morgan fingerprint density at radius 2 is 1.76 bits per heavy atom. The fourth-order valence-corrected chi connectivity index (χ4v) is 2.80. The molecule has 1 aliphatic rings. The summed E-state index contributed by atoms with van der Waals surface area (Å²) in [7, 11) is 1.86. The molecule has 0 aromatic heterocycles. The third kappa shape index (κ3) is 3.56. The molecule has 0 bridgehead atoms. The normalized spacial score (nSPS) is 16.9. The second kappa shape index (κ2) is 6.06. The van der Waals surface area contributed by atoms with E-state index in [2.05, 4.69) is 31.0 Å². The maximum atomic E-state index is 12.7. The Morgan fingerprint density at radius 3 is 2.29 bits per heavy atom. The summed E-state index contributed by atoms with van der Waals surface area (Å²) in [5, 5.41) is 3.13. The third-order valence-electron chi connectivity index (χ3n) is 4.19. The number of hydrogen-bond donors (Lipinski definition) is 1. The fourth-order valence-electron chi connectivity index (χ4n) is 2.80. The lowest BCUT2D eigenvalue weighted by atomic mass is 10.0. The van der Waals surface area contributed by atoms with Crippen LogP contribution in [0.3, 0.4) is 0 Å². The number of piperazine rings is 1. The molecule has 0 unspecified atom stereocenters. The van der Waals surface area contributed by atoms with E-state index < -0.39 is 0 Å². The number of carbonyl (C=O) groups excluding carboxylic acids is 1. The number of hydrogen-bond acceptors (Lipinski definition) is 3. The van der Waals surface area contributed by atoms with Crippen LogP contribution < -0.4 is 5.32 Å². The van der Waals surface area contributed by atoms with Crippen LogP contribution in [0.4, 0.5) is 5.69 Å². The van der Waals surface area contributed by atoms with Crippen molar-refractivity contribution in [2.24, 2.45) is 0 Å². The van der Waals surface area contributed by atoms with Gasteiger partial charge in [-0.1, -0.05) is 6.07 Å². The highest BCUT2D eigenvalue weighted by molar-refractivity contribution is 5.99. The molecule has 1 heterocycles. The van der Waals surface area contributed by atoms with Crippen molar-refractivity contribution in [1.82, 2.24) is 9.80 Å². The molecule has 0 radical (unpaired) electrons. The molecule has 1 fully saturated rings. The van der Waals surface area contributed by atoms with Crippen molar-refractivity contribution in [3.63, 3.8) is 0 Å². The van der Waals surface area contributed by atoms with Crippen LogP contribution in [0.5, 0.6) is 0 Å². The molecule has 1 aliphatic heterocycles. The molecule has 4 nitrogen and oxygen atoms in total. The van der Waals surface area contributed by atoms with Gasteiger partial charge in [-0.05, 0) is 45.4 Å². The summed E-state index contributed by atoms with van der Waals surface area (Å²) in [5.41, 5.74) is 3.02. The van der Waals surface area contributed by atoms with Gasteiger partial charge in [0.15, 0.2) is 0 Å². The van der Waals surface area contributed by atoms with E-state index in [4.69, 9.17) is 0 Å². The maximum absolute atomic E-state index is 12.7. The van der Waals surface area contributed by atoms with Gasteiger partial charge in [-0.15, -0.1) is 0 Å². The quantitative estimate of drug-likeness (QED) is 0.909. The molecule has 1 aromatic carbocycles. The molecule has 0 atom stereocenters. The first-order valence-corrected chi connectivity index (χ1v) is 7.65. The fraction of sp³-hybridized carbons (Fsp3) is 0.588. The molecule has 4 heteroatoms. The van der Waals surface area contributed by atoms with Gasteiger partial charge in [0, 0.05) is 44.5 Å². The van der Waals surface area contributed by atoms with Gasteiger partial charge in [-0.3, -0.25) is 9.69 Å². The summed E-state index contributed by atoms with van der Waals surface area (Å²) in [6, 6.07) is 5.96. The Bertz CT molecular complexity index is 511. The summed E-state index contributed by atoms with van der Waals surface area (Å²) in [6.45, 7) is 12.2. The highest BCUT2D eigenvalue weighted by Gasteiger charge is 2.28. The van der Waals surface area contributed by atoms with Crippen LogP contribution in [-0.4, -0.2) is 54.5 Å².